The van der Waals surface area contributed by atoms with Crippen molar-refractivity contribution in [3.8, 4) is 11.6 Å². The summed E-state index contributed by atoms with van der Waals surface area (Å²) in [6.07, 6.45) is 3.14. The molecule has 0 saturated carbocycles. The Balaban J connectivity index is 1.52. The second kappa shape index (κ2) is 9.65. The number of halogens is 3. The molecule has 0 atom stereocenters. The molecule has 3 aromatic rings. The molecule has 0 spiro atoms. The van der Waals surface area contributed by atoms with Gasteiger partial charge in [-0.1, -0.05) is 35.3 Å². The van der Waals surface area contributed by atoms with Gasteiger partial charge >= 0.3 is 0 Å². The Hall–Kier alpha value is -2.74. The van der Waals surface area contributed by atoms with Crippen LogP contribution in [0.25, 0.3) is 0 Å². The van der Waals surface area contributed by atoms with E-state index in [2.05, 4.69) is 15.3 Å². The smallest absolute Gasteiger partial charge is 0.268 e. The molecule has 29 heavy (non-hydrogen) atoms. The predicted molar refractivity (Wildman–Crippen MR) is 109 cm³/mol. The van der Waals surface area contributed by atoms with Crippen LogP contribution in [0.15, 0.2) is 48.8 Å². The van der Waals surface area contributed by atoms with Crippen molar-refractivity contribution in [1.82, 2.24) is 15.3 Å². The lowest BCUT2D eigenvalue weighted by Gasteiger charge is -2.09. The number of aromatic nitrogens is 2. The van der Waals surface area contributed by atoms with Gasteiger partial charge in [0.2, 0.25) is 5.88 Å². The van der Waals surface area contributed by atoms with Crippen molar-refractivity contribution in [1.29, 1.82) is 0 Å². The summed E-state index contributed by atoms with van der Waals surface area (Å²) < 4.78 is 19.7. The summed E-state index contributed by atoms with van der Waals surface area (Å²) in [7, 11) is 0. The van der Waals surface area contributed by atoms with Crippen LogP contribution in [-0.4, -0.2) is 22.4 Å². The highest BCUT2D eigenvalue weighted by Crippen LogP contribution is 2.24. The lowest BCUT2D eigenvalue weighted by Crippen LogP contribution is -2.16. The van der Waals surface area contributed by atoms with Crippen molar-refractivity contribution in [2.45, 2.75) is 13.0 Å². The van der Waals surface area contributed by atoms with E-state index in [0.29, 0.717) is 23.1 Å². The maximum atomic E-state index is 14.3. The Morgan fingerprint density at radius 3 is 2.52 bits per heavy atom. The van der Waals surface area contributed by atoms with Crippen LogP contribution >= 0.6 is 23.2 Å². The molecule has 0 bridgehead atoms. The zero-order chi connectivity index (χ0) is 20.8. The van der Waals surface area contributed by atoms with Gasteiger partial charge in [-0.05, 0) is 48.4 Å². The van der Waals surface area contributed by atoms with Gasteiger partial charge < -0.3 is 15.8 Å². The van der Waals surface area contributed by atoms with Gasteiger partial charge in [-0.2, -0.15) is 0 Å². The Kier molecular flexibility index (Phi) is 6.98. The standard InChI is InChI=1S/C20H17Cl2FN4O2/c21-14-3-1-12(7-15(14)22)5-6-25-9-13-2-4-18(16(23)8-13)29-19-11-26-17(10-27-19)20(24)28/h1-4,7-8,10-11,25H,5-6,9H2,(H2,24,28). The van der Waals surface area contributed by atoms with Gasteiger partial charge in [-0.3, -0.25) is 4.79 Å². The molecule has 1 amide bonds. The molecule has 9 heteroatoms. The predicted octanol–water partition coefficient (Wildman–Crippen LogP) is 4.15. The summed E-state index contributed by atoms with van der Waals surface area (Å²) in [5, 5.41) is 4.30. The summed E-state index contributed by atoms with van der Waals surface area (Å²) in [6.45, 7) is 1.19. The van der Waals surface area contributed by atoms with Gasteiger partial charge in [-0.25, -0.2) is 14.4 Å². The quantitative estimate of drug-likeness (QED) is 0.519. The van der Waals surface area contributed by atoms with E-state index in [4.69, 9.17) is 33.7 Å². The van der Waals surface area contributed by atoms with Gasteiger partial charge in [0.1, 0.15) is 5.69 Å². The number of primary amides is 1. The molecule has 0 aliphatic heterocycles. The molecule has 0 aliphatic rings. The molecule has 2 aromatic carbocycles. The highest BCUT2D eigenvalue weighted by atomic mass is 35.5. The second-order valence-electron chi connectivity index (χ2n) is 6.15. The molecule has 0 unspecified atom stereocenters. The van der Waals surface area contributed by atoms with Gasteiger partial charge in [0.15, 0.2) is 11.6 Å². The first-order valence-corrected chi connectivity index (χ1v) is 9.41. The lowest BCUT2D eigenvalue weighted by atomic mass is 10.1. The normalized spacial score (nSPS) is 10.7. The van der Waals surface area contributed by atoms with Crippen LogP contribution in [0.2, 0.25) is 10.0 Å². The maximum absolute atomic E-state index is 14.3. The SMILES string of the molecule is NC(=O)c1cnc(Oc2ccc(CNCCc3ccc(Cl)c(Cl)c3)cc2F)cn1. The molecular weight excluding hydrogens is 418 g/mol. The number of carbonyl (C=O) groups is 1. The number of benzene rings is 2. The zero-order valence-electron chi connectivity index (χ0n) is 15.2. The summed E-state index contributed by atoms with van der Waals surface area (Å²) in [4.78, 5) is 18.7. The number of carbonyl (C=O) groups excluding carboxylic acids is 1. The third-order valence-electron chi connectivity index (χ3n) is 4.00. The molecule has 3 rings (SSSR count). The van der Waals surface area contributed by atoms with E-state index in [-0.39, 0.29) is 17.3 Å². The highest BCUT2D eigenvalue weighted by Gasteiger charge is 2.09. The van der Waals surface area contributed by atoms with E-state index in [0.717, 1.165) is 17.5 Å². The van der Waals surface area contributed by atoms with Crippen LogP contribution < -0.4 is 15.8 Å². The second-order valence-corrected chi connectivity index (χ2v) is 6.96. The molecule has 150 valence electrons. The molecule has 0 aliphatic carbocycles. The first-order valence-electron chi connectivity index (χ1n) is 8.65. The minimum Gasteiger partial charge on any atom is -0.434 e. The molecule has 0 radical (unpaired) electrons. The van der Waals surface area contributed by atoms with Crippen molar-refractivity contribution in [2.24, 2.45) is 5.73 Å². The van der Waals surface area contributed by atoms with Crippen molar-refractivity contribution in [2.75, 3.05) is 6.54 Å². The molecule has 1 aromatic heterocycles. The van der Waals surface area contributed by atoms with E-state index < -0.39 is 11.7 Å². The topological polar surface area (TPSA) is 90.1 Å². The first kappa shape index (κ1) is 21.0. The van der Waals surface area contributed by atoms with Crippen LogP contribution in [0.3, 0.4) is 0 Å². The van der Waals surface area contributed by atoms with Crippen molar-refractivity contribution < 1.29 is 13.9 Å². The fourth-order valence-electron chi connectivity index (χ4n) is 2.51. The third-order valence-corrected chi connectivity index (χ3v) is 4.73. The fraction of sp³-hybridized carbons (Fsp3) is 0.150. The van der Waals surface area contributed by atoms with Crippen LogP contribution in [0.1, 0.15) is 21.6 Å². The highest BCUT2D eigenvalue weighted by molar-refractivity contribution is 6.42. The zero-order valence-corrected chi connectivity index (χ0v) is 16.7. The van der Waals surface area contributed by atoms with E-state index in [1.165, 1.54) is 24.5 Å². The van der Waals surface area contributed by atoms with Gasteiger partial charge in [0.25, 0.3) is 5.91 Å². The number of nitrogens with two attached hydrogens (primary N) is 1. The van der Waals surface area contributed by atoms with Gasteiger partial charge in [-0.15, -0.1) is 0 Å². The van der Waals surface area contributed by atoms with Crippen molar-refractivity contribution >= 4 is 29.1 Å². The summed E-state index contributed by atoms with van der Waals surface area (Å²) in [5.74, 6) is -1.17. The number of amides is 1. The van der Waals surface area contributed by atoms with Crippen molar-refractivity contribution in [3.63, 3.8) is 0 Å². The van der Waals surface area contributed by atoms with E-state index >= 15 is 0 Å². The minimum absolute atomic E-state index is 0.000107. The Morgan fingerprint density at radius 2 is 1.86 bits per heavy atom. The average Bonchev–Trinajstić information content (AvgIpc) is 2.70. The first-order chi connectivity index (χ1) is 13.9. The Morgan fingerprint density at radius 1 is 1.07 bits per heavy atom. The van der Waals surface area contributed by atoms with Crippen LogP contribution in [0.4, 0.5) is 4.39 Å². The number of nitrogens with one attached hydrogen (secondary N) is 1. The molecular formula is C20H17Cl2FN4O2. The lowest BCUT2D eigenvalue weighted by molar-refractivity contribution is 0.0995. The maximum Gasteiger partial charge on any atom is 0.268 e. The minimum atomic E-state index is -0.703. The summed E-state index contributed by atoms with van der Waals surface area (Å²) in [5.41, 5.74) is 6.92. The number of hydrogen-bond donors (Lipinski definition) is 2. The number of ether oxygens (including phenoxy) is 1. The average molecular weight is 435 g/mol. The van der Waals surface area contributed by atoms with E-state index in [1.807, 2.05) is 12.1 Å². The van der Waals surface area contributed by atoms with Crippen molar-refractivity contribution in [3.05, 3.63) is 81.5 Å². The summed E-state index contributed by atoms with van der Waals surface area (Å²) >= 11 is 11.9. The van der Waals surface area contributed by atoms with Crippen LogP contribution in [0.5, 0.6) is 11.6 Å². The van der Waals surface area contributed by atoms with E-state index in [9.17, 15) is 9.18 Å². The summed E-state index contributed by atoms with van der Waals surface area (Å²) in [6, 6.07) is 10.1. The number of nitrogens with zero attached hydrogens (tertiary/aromatic N) is 2. The molecule has 0 saturated heterocycles. The van der Waals surface area contributed by atoms with Gasteiger partial charge in [0, 0.05) is 6.54 Å². The van der Waals surface area contributed by atoms with Crippen LogP contribution in [-0.2, 0) is 13.0 Å². The molecule has 6 nitrogen and oxygen atoms in total. The Labute approximate surface area is 176 Å². The van der Waals surface area contributed by atoms with Gasteiger partial charge in [0.05, 0.1) is 22.4 Å². The number of rotatable bonds is 8. The third kappa shape index (κ3) is 5.87. The molecule has 0 fully saturated rings. The molecule has 3 N–H and O–H groups in total. The van der Waals surface area contributed by atoms with E-state index in [1.54, 1.807) is 12.1 Å². The number of hydrogen-bond acceptors (Lipinski definition) is 5. The molecule has 1 heterocycles. The Bertz CT molecular complexity index is 1020. The largest absolute Gasteiger partial charge is 0.434 e. The fourth-order valence-corrected chi connectivity index (χ4v) is 2.83. The monoisotopic (exact) mass is 434 g/mol. The van der Waals surface area contributed by atoms with Crippen LogP contribution in [0, 0.1) is 5.82 Å².